The molecule has 2 aromatic rings. The number of anilines is 1. The fourth-order valence-electron chi connectivity index (χ4n) is 3.18. The number of urea groups is 1. The van der Waals surface area contributed by atoms with Gasteiger partial charge in [-0.3, -0.25) is 0 Å². The minimum Gasteiger partial charge on any atom is -0.492 e. The zero-order chi connectivity index (χ0) is 23.5. The first-order valence-corrected chi connectivity index (χ1v) is 11.0. The van der Waals surface area contributed by atoms with Crippen LogP contribution in [-0.2, 0) is 16.0 Å². The van der Waals surface area contributed by atoms with E-state index in [-0.39, 0.29) is 6.03 Å². The maximum absolute atomic E-state index is 12.7. The summed E-state index contributed by atoms with van der Waals surface area (Å²) in [7, 11) is 0. The summed E-state index contributed by atoms with van der Waals surface area (Å²) in [6.07, 6.45) is -0.562. The zero-order valence-corrected chi connectivity index (χ0v) is 19.3. The maximum atomic E-state index is 12.7. The number of hydrogen-bond donors (Lipinski definition) is 2. The molecule has 7 nitrogen and oxygen atoms in total. The van der Waals surface area contributed by atoms with Crippen LogP contribution < -0.4 is 10.1 Å². The highest BCUT2D eigenvalue weighted by atomic mass is 16.5. The van der Waals surface area contributed by atoms with E-state index in [0.29, 0.717) is 44.4 Å². The number of nitrogens with one attached hydrogen (secondary N) is 1. The van der Waals surface area contributed by atoms with Crippen molar-refractivity contribution in [2.75, 3.05) is 31.6 Å². The normalized spacial score (nSPS) is 11.8. The number of hydrogen-bond acceptors (Lipinski definition) is 4. The number of ether oxygens (including phenoxy) is 2. The highest BCUT2D eigenvalue weighted by Gasteiger charge is 2.18. The van der Waals surface area contributed by atoms with Gasteiger partial charge in [0.15, 0.2) is 6.10 Å². The van der Waals surface area contributed by atoms with E-state index in [1.54, 1.807) is 24.0 Å². The molecule has 2 N–H and O–H groups in total. The van der Waals surface area contributed by atoms with E-state index < -0.39 is 12.1 Å². The molecule has 2 rings (SSSR count). The number of carboxylic acid groups (broad SMARTS) is 1. The second-order valence-corrected chi connectivity index (χ2v) is 8.11. The molecule has 2 amide bonds. The Labute approximate surface area is 190 Å². The summed E-state index contributed by atoms with van der Waals surface area (Å²) in [6.45, 7) is 9.68. The van der Waals surface area contributed by atoms with Gasteiger partial charge in [-0.15, -0.1) is 0 Å². The molecule has 0 aliphatic rings. The Kier molecular flexibility index (Phi) is 10.0. The fraction of sp³-hybridized carbons (Fsp3) is 0.440. The number of carbonyl (C=O) groups excluding carboxylic acids is 1. The summed E-state index contributed by atoms with van der Waals surface area (Å²) in [4.78, 5) is 25.7. The Morgan fingerprint density at radius 3 is 2.28 bits per heavy atom. The number of aliphatic carboxylic acids is 1. The number of carboxylic acids is 1. The van der Waals surface area contributed by atoms with Gasteiger partial charge in [0.2, 0.25) is 0 Å². The van der Waals surface area contributed by atoms with Crippen LogP contribution >= 0.6 is 0 Å². The van der Waals surface area contributed by atoms with Crippen LogP contribution in [0.1, 0.15) is 31.9 Å². The second-order valence-electron chi connectivity index (χ2n) is 8.11. The zero-order valence-electron chi connectivity index (χ0n) is 19.3. The van der Waals surface area contributed by atoms with Gasteiger partial charge in [0.25, 0.3) is 0 Å². The van der Waals surface area contributed by atoms with Crippen LogP contribution in [0.25, 0.3) is 0 Å². The number of carbonyl (C=O) groups is 2. The van der Waals surface area contributed by atoms with Gasteiger partial charge in [-0.1, -0.05) is 43.7 Å². The van der Waals surface area contributed by atoms with Crippen LogP contribution in [0.4, 0.5) is 10.5 Å². The molecule has 0 spiro atoms. The van der Waals surface area contributed by atoms with Gasteiger partial charge in [-0.2, -0.15) is 0 Å². The average molecular weight is 443 g/mol. The summed E-state index contributed by atoms with van der Waals surface area (Å²) in [5, 5.41) is 12.2. The molecule has 7 heteroatoms. The molecule has 32 heavy (non-hydrogen) atoms. The topological polar surface area (TPSA) is 88.1 Å². The van der Waals surface area contributed by atoms with E-state index in [9.17, 15) is 14.7 Å². The highest BCUT2D eigenvalue weighted by Crippen LogP contribution is 2.15. The van der Waals surface area contributed by atoms with Crippen molar-refractivity contribution in [2.24, 2.45) is 5.92 Å². The summed E-state index contributed by atoms with van der Waals surface area (Å²) >= 11 is 0. The van der Waals surface area contributed by atoms with Gasteiger partial charge in [0.1, 0.15) is 12.4 Å². The third-order valence-electron chi connectivity index (χ3n) is 4.79. The molecule has 0 heterocycles. The van der Waals surface area contributed by atoms with Crippen LogP contribution in [0.2, 0.25) is 0 Å². The van der Waals surface area contributed by atoms with Crippen LogP contribution in [0.5, 0.6) is 5.75 Å². The van der Waals surface area contributed by atoms with Gasteiger partial charge in [-0.05, 0) is 49.6 Å². The number of rotatable bonds is 12. The largest absolute Gasteiger partial charge is 0.492 e. The lowest BCUT2D eigenvalue weighted by Gasteiger charge is -2.25. The van der Waals surface area contributed by atoms with E-state index in [2.05, 4.69) is 19.2 Å². The lowest BCUT2D eigenvalue weighted by Crippen LogP contribution is -2.40. The summed E-state index contributed by atoms with van der Waals surface area (Å²) in [5.74, 6) is 0.0207. The van der Waals surface area contributed by atoms with Gasteiger partial charge >= 0.3 is 12.0 Å². The van der Waals surface area contributed by atoms with E-state index in [1.165, 1.54) is 0 Å². The third-order valence-corrected chi connectivity index (χ3v) is 4.79. The summed E-state index contributed by atoms with van der Waals surface area (Å²) in [5.41, 5.74) is 2.76. The van der Waals surface area contributed by atoms with Crippen molar-refractivity contribution in [1.82, 2.24) is 4.90 Å². The van der Waals surface area contributed by atoms with Gasteiger partial charge in [-0.25, -0.2) is 9.59 Å². The number of aryl methyl sites for hydroxylation is 1. The Morgan fingerprint density at radius 1 is 1.06 bits per heavy atom. The standard InChI is InChI=1S/C25H34N2O5/c1-5-31-23(24(28)29)16-20-8-12-22(13-9-20)32-15-14-27(17-18(2)3)25(30)26-21-10-6-19(4)7-11-21/h6-13,18,23H,5,14-17H2,1-4H3,(H,26,30)(H,28,29). The molecule has 1 unspecified atom stereocenters. The number of benzene rings is 2. The Morgan fingerprint density at radius 2 is 1.72 bits per heavy atom. The molecular weight excluding hydrogens is 408 g/mol. The molecule has 0 fully saturated rings. The molecule has 1 atom stereocenters. The first-order chi connectivity index (χ1) is 15.3. The molecule has 0 radical (unpaired) electrons. The SMILES string of the molecule is CCOC(Cc1ccc(OCCN(CC(C)C)C(=O)Nc2ccc(C)cc2)cc1)C(=O)O. The van der Waals surface area contributed by atoms with Crippen molar-refractivity contribution >= 4 is 17.7 Å². The molecule has 0 saturated carbocycles. The lowest BCUT2D eigenvalue weighted by molar-refractivity contribution is -0.149. The van der Waals surface area contributed by atoms with Gasteiger partial charge in [0, 0.05) is 25.3 Å². The second kappa shape index (κ2) is 12.7. The molecule has 0 saturated heterocycles. The van der Waals surface area contributed by atoms with Gasteiger partial charge in [0.05, 0.1) is 6.54 Å². The quantitative estimate of drug-likeness (QED) is 0.502. The predicted octanol–water partition coefficient (Wildman–Crippen LogP) is 4.60. The van der Waals surface area contributed by atoms with Crippen molar-refractivity contribution in [1.29, 1.82) is 0 Å². The Bertz CT molecular complexity index is 850. The van der Waals surface area contributed by atoms with Crippen LogP contribution in [0, 0.1) is 12.8 Å². The average Bonchev–Trinajstić information content (AvgIpc) is 2.75. The fourth-order valence-corrected chi connectivity index (χ4v) is 3.18. The minimum absolute atomic E-state index is 0.155. The summed E-state index contributed by atoms with van der Waals surface area (Å²) < 4.78 is 11.1. The van der Waals surface area contributed by atoms with Crippen molar-refractivity contribution in [3.8, 4) is 5.75 Å². The maximum Gasteiger partial charge on any atom is 0.333 e. The molecule has 2 aromatic carbocycles. The first kappa shape index (κ1) is 25.2. The van der Waals surface area contributed by atoms with Crippen molar-refractivity contribution in [2.45, 2.75) is 40.2 Å². The van der Waals surface area contributed by atoms with E-state index in [4.69, 9.17) is 9.47 Å². The minimum atomic E-state index is -0.971. The monoisotopic (exact) mass is 442 g/mol. The van der Waals surface area contributed by atoms with Crippen molar-refractivity contribution < 1.29 is 24.2 Å². The van der Waals surface area contributed by atoms with Crippen molar-refractivity contribution in [3.63, 3.8) is 0 Å². The molecule has 0 aromatic heterocycles. The molecule has 0 aliphatic heterocycles. The highest BCUT2D eigenvalue weighted by molar-refractivity contribution is 5.89. The van der Waals surface area contributed by atoms with E-state index in [1.807, 2.05) is 43.3 Å². The van der Waals surface area contributed by atoms with Crippen LogP contribution in [-0.4, -0.2) is 54.4 Å². The summed E-state index contributed by atoms with van der Waals surface area (Å²) in [6, 6.07) is 14.8. The van der Waals surface area contributed by atoms with Crippen LogP contribution in [0.15, 0.2) is 48.5 Å². The van der Waals surface area contributed by atoms with E-state index >= 15 is 0 Å². The molecule has 0 bridgehead atoms. The molecule has 174 valence electrons. The van der Waals surface area contributed by atoms with Gasteiger partial charge < -0.3 is 24.8 Å². The van der Waals surface area contributed by atoms with E-state index in [0.717, 1.165) is 16.8 Å². The number of nitrogens with zero attached hydrogens (tertiary/aromatic N) is 1. The van der Waals surface area contributed by atoms with Crippen LogP contribution in [0.3, 0.4) is 0 Å². The molecule has 0 aliphatic carbocycles. The third kappa shape index (κ3) is 8.59. The number of amides is 2. The Balaban J connectivity index is 1.89. The van der Waals surface area contributed by atoms with Crippen molar-refractivity contribution in [3.05, 3.63) is 59.7 Å². The lowest BCUT2D eigenvalue weighted by atomic mass is 10.1. The predicted molar refractivity (Wildman–Crippen MR) is 125 cm³/mol. The smallest absolute Gasteiger partial charge is 0.333 e. The Hall–Kier alpha value is -3.06. The first-order valence-electron chi connectivity index (χ1n) is 11.0. The molecular formula is C25H34N2O5.